The van der Waals surface area contributed by atoms with Crippen molar-refractivity contribution in [2.24, 2.45) is 5.92 Å². The average molecular weight is 693 g/mol. The van der Waals surface area contributed by atoms with Crippen molar-refractivity contribution >= 4 is 17.8 Å². The zero-order valence-corrected chi connectivity index (χ0v) is 30.0. The summed E-state index contributed by atoms with van der Waals surface area (Å²) in [5, 5.41) is 26.1. The number of allylic oxidation sites excluding steroid dienone is 1. The lowest BCUT2D eigenvalue weighted by atomic mass is 9.83. The molecule has 0 radical (unpaired) electrons. The lowest BCUT2D eigenvalue weighted by Gasteiger charge is -2.30. The molecule has 0 saturated carbocycles. The Bertz CT molecular complexity index is 1130. The Balaban J connectivity index is 1.99. The number of hydrogen-bond acceptors (Lipinski definition) is 7. The minimum Gasteiger partial charge on any atom is -0.494 e. The number of carboxylic acid groups (broad SMARTS) is 1. The second-order valence-corrected chi connectivity index (χ2v) is 13.0. The number of aliphatic hydroxyl groups is 1. The van der Waals surface area contributed by atoms with Gasteiger partial charge in [-0.3, -0.25) is 14.0 Å². The highest BCUT2D eigenvalue weighted by atomic mass is 19.1. The smallest absolute Gasteiger partial charge is 0.336 e. The van der Waals surface area contributed by atoms with Crippen LogP contribution in [0.25, 0.3) is 0 Å². The molecule has 1 aromatic rings. The molecule has 0 unspecified atom stereocenters. The number of unbranched alkanes of at least 4 members (excludes halogenated alkanes) is 9. The van der Waals surface area contributed by atoms with Gasteiger partial charge in [0.05, 0.1) is 32.4 Å². The van der Waals surface area contributed by atoms with Crippen molar-refractivity contribution in [3.63, 3.8) is 0 Å². The highest BCUT2D eigenvalue weighted by Crippen LogP contribution is 2.32. The number of carboxylic acids is 1. The van der Waals surface area contributed by atoms with Crippen molar-refractivity contribution < 1.29 is 43.2 Å². The number of rotatable bonds is 27. The number of likely N-dealkylation sites (N-methyl/N-ethyl adjacent to an activating group) is 1. The molecule has 2 amide bonds. The summed E-state index contributed by atoms with van der Waals surface area (Å²) < 4.78 is 31.2. The van der Waals surface area contributed by atoms with Gasteiger partial charge in [0.1, 0.15) is 11.8 Å². The van der Waals surface area contributed by atoms with Gasteiger partial charge in [0.15, 0.2) is 11.4 Å². The summed E-state index contributed by atoms with van der Waals surface area (Å²) in [6.45, 7) is 5.00. The third kappa shape index (κ3) is 14.8. The van der Waals surface area contributed by atoms with Gasteiger partial charge in [0, 0.05) is 32.7 Å². The summed E-state index contributed by atoms with van der Waals surface area (Å²) in [4.78, 5) is 38.5. The van der Waals surface area contributed by atoms with E-state index in [2.05, 4.69) is 24.5 Å². The molecule has 0 spiro atoms. The zero-order chi connectivity index (χ0) is 36.0. The first-order valence-electron chi connectivity index (χ1n) is 18.3. The van der Waals surface area contributed by atoms with E-state index in [1.807, 2.05) is 0 Å². The van der Waals surface area contributed by atoms with E-state index < -0.39 is 54.2 Å². The van der Waals surface area contributed by atoms with E-state index >= 15 is 0 Å². The van der Waals surface area contributed by atoms with Crippen molar-refractivity contribution in [1.82, 2.24) is 10.6 Å². The van der Waals surface area contributed by atoms with Crippen molar-refractivity contribution in [2.45, 2.75) is 134 Å². The van der Waals surface area contributed by atoms with Crippen LogP contribution in [-0.2, 0) is 30.3 Å². The monoisotopic (exact) mass is 692 g/mol. The van der Waals surface area contributed by atoms with Crippen LogP contribution in [0.1, 0.15) is 116 Å². The largest absolute Gasteiger partial charge is 0.494 e. The van der Waals surface area contributed by atoms with E-state index in [4.69, 9.17) is 14.2 Å². The van der Waals surface area contributed by atoms with Crippen LogP contribution < -0.4 is 15.4 Å². The molecule has 0 aromatic heterocycles. The molecule has 1 aromatic carbocycles. The Hall–Kier alpha value is -3.02. The second-order valence-electron chi connectivity index (χ2n) is 13.0. The number of carbonyl (C=O) groups excluding carboxylic acids is 2. The molecule has 1 aliphatic rings. The molecule has 1 heterocycles. The van der Waals surface area contributed by atoms with Crippen molar-refractivity contribution in [2.75, 3.05) is 33.5 Å². The molecule has 1 aliphatic heterocycles. The molecule has 1 fully saturated rings. The molecule has 10 nitrogen and oxygen atoms in total. The van der Waals surface area contributed by atoms with Gasteiger partial charge in [-0.25, -0.2) is 4.79 Å². The molecule has 278 valence electrons. The minimum atomic E-state index is -2.69. The molecule has 1 saturated heterocycles. The number of halogens is 1. The molecule has 2 rings (SSSR count). The first-order valence-corrected chi connectivity index (χ1v) is 18.3. The quantitative estimate of drug-likeness (QED) is 0.0610. The average Bonchev–Trinajstić information content (AvgIpc) is 3.56. The van der Waals surface area contributed by atoms with Crippen LogP contribution in [-0.4, -0.2) is 79.0 Å². The maximum atomic E-state index is 13.5. The van der Waals surface area contributed by atoms with Gasteiger partial charge in [-0.05, 0) is 49.8 Å². The number of nitrogens with one attached hydrogen (secondary N) is 2. The van der Waals surface area contributed by atoms with Crippen LogP contribution in [0.4, 0.5) is 4.39 Å². The van der Waals surface area contributed by atoms with E-state index in [0.29, 0.717) is 32.0 Å². The van der Waals surface area contributed by atoms with Gasteiger partial charge in [-0.1, -0.05) is 83.1 Å². The summed E-state index contributed by atoms with van der Waals surface area (Å²) >= 11 is 0. The Labute approximate surface area is 292 Å². The van der Waals surface area contributed by atoms with E-state index in [9.17, 15) is 29.0 Å². The van der Waals surface area contributed by atoms with Gasteiger partial charge < -0.3 is 35.1 Å². The standard InChI is InChI=1S/C38H61FN2O8/c1-4-6-8-12-15-22-37(48-27-28-49-37)23-16-13-10-9-11-14-17-32(38(46,24-25-39)36(44)45)34(42)41-33(35(43)40-3)29-30-18-20-31(21-19-30)47-26-7-5-2/h14,17-21,32-33,46H,4-13,15-16,22-29H2,1-3H3,(H,40,43)(H,41,42)(H,44,45)/b17-14+/t32-,33+,38+/m1/s1. The molecule has 11 heteroatoms. The number of alkyl halides is 1. The summed E-state index contributed by atoms with van der Waals surface area (Å²) in [6, 6.07) is 6.09. The Kier molecular flexibility index (Phi) is 20.1. The van der Waals surface area contributed by atoms with E-state index in [1.54, 1.807) is 30.3 Å². The number of aliphatic carboxylic acids is 1. The number of ether oxygens (including phenoxy) is 3. The number of amides is 2. The molecule has 0 bridgehead atoms. The highest BCUT2D eigenvalue weighted by Gasteiger charge is 2.47. The van der Waals surface area contributed by atoms with Gasteiger partial charge in [-0.2, -0.15) is 0 Å². The highest BCUT2D eigenvalue weighted by molar-refractivity contribution is 5.93. The topological polar surface area (TPSA) is 143 Å². The van der Waals surface area contributed by atoms with E-state index in [-0.39, 0.29) is 6.42 Å². The first-order chi connectivity index (χ1) is 23.6. The normalized spacial score (nSPS) is 16.6. The van der Waals surface area contributed by atoms with Gasteiger partial charge in [0.2, 0.25) is 11.8 Å². The summed E-state index contributed by atoms with van der Waals surface area (Å²) in [7, 11) is 1.43. The lowest BCUT2D eigenvalue weighted by molar-refractivity contribution is -0.168. The van der Waals surface area contributed by atoms with Gasteiger partial charge >= 0.3 is 5.97 Å². The Morgan fingerprint density at radius 2 is 1.55 bits per heavy atom. The van der Waals surface area contributed by atoms with E-state index in [1.165, 1.54) is 38.8 Å². The molecular weight excluding hydrogens is 631 g/mol. The van der Waals surface area contributed by atoms with Crippen LogP contribution in [0.2, 0.25) is 0 Å². The molecule has 0 aliphatic carbocycles. The van der Waals surface area contributed by atoms with Gasteiger partial charge in [-0.15, -0.1) is 0 Å². The van der Waals surface area contributed by atoms with Crippen LogP contribution in [0.3, 0.4) is 0 Å². The van der Waals surface area contributed by atoms with E-state index in [0.717, 1.165) is 63.4 Å². The number of benzene rings is 1. The fraction of sp³-hybridized carbons (Fsp3) is 0.711. The maximum absolute atomic E-state index is 13.5. The fourth-order valence-electron chi connectivity index (χ4n) is 6.09. The molecule has 3 atom stereocenters. The lowest BCUT2D eigenvalue weighted by Crippen LogP contribution is -2.56. The van der Waals surface area contributed by atoms with Crippen LogP contribution in [0.15, 0.2) is 36.4 Å². The molecule has 49 heavy (non-hydrogen) atoms. The zero-order valence-electron chi connectivity index (χ0n) is 30.0. The second kappa shape index (κ2) is 23.4. The van der Waals surface area contributed by atoms with Crippen molar-refractivity contribution in [3.05, 3.63) is 42.0 Å². The molecule has 4 N–H and O–H groups in total. The SMILES string of the molecule is CCCCCCCC1(CCCCCC/C=C/[C@H](C(=O)N[C@@H](Cc2ccc(OCCCC)cc2)C(=O)NC)[C@@](O)(CCF)C(=O)O)OCCO1. The first kappa shape index (κ1) is 42.1. The third-order valence-corrected chi connectivity index (χ3v) is 9.13. The fourth-order valence-corrected chi connectivity index (χ4v) is 6.09. The predicted molar refractivity (Wildman–Crippen MR) is 188 cm³/mol. The Morgan fingerprint density at radius 1 is 0.939 bits per heavy atom. The van der Waals surface area contributed by atoms with Crippen LogP contribution in [0.5, 0.6) is 5.75 Å². The molecular formula is C38H61FN2O8. The predicted octanol–water partition coefficient (Wildman–Crippen LogP) is 6.43. The van der Waals surface area contributed by atoms with Crippen LogP contribution in [0, 0.1) is 5.92 Å². The summed E-state index contributed by atoms with van der Waals surface area (Å²) in [5.41, 5.74) is -1.95. The van der Waals surface area contributed by atoms with Crippen molar-refractivity contribution in [1.29, 1.82) is 0 Å². The number of carbonyl (C=O) groups is 3. The number of hydrogen-bond donors (Lipinski definition) is 4. The third-order valence-electron chi connectivity index (χ3n) is 9.13. The minimum absolute atomic E-state index is 0.113. The summed E-state index contributed by atoms with van der Waals surface area (Å²) in [6.07, 6.45) is 16.1. The summed E-state index contributed by atoms with van der Waals surface area (Å²) in [5.74, 6) is -4.47. The Morgan fingerprint density at radius 3 is 2.12 bits per heavy atom. The van der Waals surface area contributed by atoms with Crippen LogP contribution >= 0.6 is 0 Å². The van der Waals surface area contributed by atoms with Gasteiger partial charge in [0.25, 0.3) is 0 Å². The van der Waals surface area contributed by atoms with Crippen molar-refractivity contribution in [3.8, 4) is 5.75 Å². The maximum Gasteiger partial charge on any atom is 0.336 e.